The highest BCUT2D eigenvalue weighted by Gasteiger charge is 2.74. The van der Waals surface area contributed by atoms with Crippen LogP contribution in [0.4, 0.5) is 0 Å². The Labute approximate surface area is 231 Å². The average Bonchev–Trinajstić information content (AvgIpc) is 3.45. The first-order chi connectivity index (χ1) is 17.7. The summed E-state index contributed by atoms with van der Waals surface area (Å²) in [4.78, 5) is 21.4. The fourth-order valence-corrected chi connectivity index (χ4v) is 9.49. The number of aromatic hydroxyl groups is 1. The Morgan fingerprint density at radius 2 is 2.16 bits per heavy atom. The van der Waals surface area contributed by atoms with Crippen LogP contribution < -0.4 is 4.74 Å². The molecule has 8 heteroatoms. The molecule has 1 amide bonds. The van der Waals surface area contributed by atoms with Crippen LogP contribution in [0.1, 0.15) is 35.3 Å². The molecule has 1 saturated heterocycles. The third kappa shape index (κ3) is 3.38. The summed E-state index contributed by atoms with van der Waals surface area (Å²) < 4.78 is 7.81. The Kier molecular flexibility index (Phi) is 6.10. The van der Waals surface area contributed by atoms with Crippen molar-refractivity contribution in [3.05, 3.63) is 62.8 Å². The number of amides is 1. The Morgan fingerprint density at radius 3 is 2.86 bits per heavy atom. The molecular formula is C29H34BrN3O3S. The smallest absolute Gasteiger partial charge is 0.246 e. The number of thiophene rings is 1. The van der Waals surface area contributed by atoms with Crippen LogP contribution in [0.5, 0.6) is 11.5 Å². The van der Waals surface area contributed by atoms with Gasteiger partial charge in [-0.25, -0.2) is 0 Å². The Hall–Kier alpha value is -2.13. The van der Waals surface area contributed by atoms with Gasteiger partial charge in [-0.05, 0) is 86.0 Å². The number of hydrogen-bond donors (Lipinski definition) is 1. The summed E-state index contributed by atoms with van der Waals surface area (Å²) in [5.74, 6) is 0.817. The van der Waals surface area contributed by atoms with Crippen LogP contribution in [0, 0.1) is 0 Å². The van der Waals surface area contributed by atoms with Gasteiger partial charge in [0.05, 0.1) is 11.5 Å². The highest BCUT2D eigenvalue weighted by atomic mass is 79.9. The minimum atomic E-state index is -0.305. The molecule has 6 nitrogen and oxygen atoms in total. The number of carbonyl (C=O) groups is 1. The van der Waals surface area contributed by atoms with Crippen molar-refractivity contribution in [1.29, 1.82) is 0 Å². The van der Waals surface area contributed by atoms with E-state index in [0.29, 0.717) is 11.8 Å². The molecule has 2 bridgehead atoms. The van der Waals surface area contributed by atoms with Gasteiger partial charge < -0.3 is 19.6 Å². The van der Waals surface area contributed by atoms with Crippen LogP contribution >= 0.6 is 27.3 Å². The highest BCUT2D eigenvalue weighted by Crippen LogP contribution is 2.67. The zero-order valence-corrected chi connectivity index (χ0v) is 24.0. The molecule has 2 aliphatic carbocycles. The maximum atomic E-state index is 13.4. The Balaban J connectivity index is 1.44. The number of likely N-dealkylation sites (tertiary alicyclic amines) is 1. The Bertz CT molecular complexity index is 1290. The average molecular weight is 585 g/mol. The molecule has 2 aromatic rings. The standard InChI is InChI=1S/C29H34BrN3O3S/c1-5-13-33-14-12-28-25-18-6-8-22(34)26(25)36-27(28)21(10-11-29(28,31(2)3)23(33)15-18)32(4)24(35)9-7-20-16-19(30)17-37-20/h5-9,16-17,21,23,27,34H,1,10-15H2,2-4H3/b9-7+/t21-,23-,27+,28+,29-/m1/s1. The van der Waals surface area contributed by atoms with E-state index in [1.807, 2.05) is 35.5 Å². The summed E-state index contributed by atoms with van der Waals surface area (Å²) >= 11 is 5.08. The van der Waals surface area contributed by atoms with Gasteiger partial charge in [-0.2, -0.15) is 0 Å². The van der Waals surface area contributed by atoms with Crippen LogP contribution in [0.2, 0.25) is 0 Å². The maximum absolute atomic E-state index is 13.4. The number of phenols is 1. The molecule has 3 heterocycles. The van der Waals surface area contributed by atoms with Gasteiger partial charge in [0.1, 0.15) is 6.10 Å². The van der Waals surface area contributed by atoms with E-state index in [9.17, 15) is 9.90 Å². The molecule has 1 saturated carbocycles. The molecule has 2 fully saturated rings. The molecule has 0 radical (unpaired) electrons. The molecule has 6 rings (SSSR count). The van der Waals surface area contributed by atoms with E-state index in [4.69, 9.17) is 4.74 Å². The van der Waals surface area contributed by atoms with Gasteiger partial charge in [-0.1, -0.05) is 12.1 Å². The van der Waals surface area contributed by atoms with Crippen molar-refractivity contribution in [1.82, 2.24) is 14.7 Å². The summed E-state index contributed by atoms with van der Waals surface area (Å²) in [6, 6.07) is 6.10. The first-order valence-electron chi connectivity index (χ1n) is 13.0. The van der Waals surface area contributed by atoms with Gasteiger partial charge in [0, 0.05) is 51.5 Å². The second kappa shape index (κ2) is 8.97. The molecule has 1 N–H and O–H groups in total. The van der Waals surface area contributed by atoms with Gasteiger partial charge in [0.25, 0.3) is 0 Å². The first kappa shape index (κ1) is 25.2. The Morgan fingerprint density at radius 1 is 1.35 bits per heavy atom. The predicted octanol–water partition coefficient (Wildman–Crippen LogP) is 4.67. The molecule has 196 valence electrons. The van der Waals surface area contributed by atoms with Crippen molar-refractivity contribution in [2.75, 3.05) is 34.2 Å². The van der Waals surface area contributed by atoms with E-state index in [2.05, 4.69) is 52.5 Å². The second-order valence-electron chi connectivity index (χ2n) is 11.1. The van der Waals surface area contributed by atoms with Crippen LogP contribution in [-0.2, 0) is 16.6 Å². The van der Waals surface area contributed by atoms with Gasteiger partial charge in [-0.3, -0.25) is 9.69 Å². The number of nitrogens with zero attached hydrogens (tertiary/aromatic N) is 3. The number of halogens is 1. The lowest BCUT2D eigenvalue weighted by atomic mass is 9.46. The van der Waals surface area contributed by atoms with Gasteiger partial charge in [-0.15, -0.1) is 17.9 Å². The zero-order valence-electron chi connectivity index (χ0n) is 21.6. The molecule has 4 aliphatic rings. The minimum absolute atomic E-state index is 0.0243. The van der Waals surface area contributed by atoms with E-state index in [-0.39, 0.29) is 34.8 Å². The number of benzene rings is 1. The summed E-state index contributed by atoms with van der Waals surface area (Å²) in [5, 5.41) is 13.0. The van der Waals surface area contributed by atoms with Crippen molar-refractivity contribution in [2.45, 2.75) is 54.8 Å². The van der Waals surface area contributed by atoms with Crippen molar-refractivity contribution in [3.63, 3.8) is 0 Å². The second-order valence-corrected chi connectivity index (χ2v) is 12.9. The topological polar surface area (TPSA) is 56.3 Å². The third-order valence-electron chi connectivity index (χ3n) is 9.53. The number of hydrogen-bond acceptors (Lipinski definition) is 6. The van der Waals surface area contributed by atoms with Crippen LogP contribution in [-0.4, -0.2) is 83.7 Å². The largest absolute Gasteiger partial charge is 0.504 e. The number of piperidine rings is 1. The lowest BCUT2D eigenvalue weighted by Gasteiger charge is -2.69. The molecule has 37 heavy (non-hydrogen) atoms. The van der Waals surface area contributed by atoms with Crippen LogP contribution in [0.25, 0.3) is 6.08 Å². The van der Waals surface area contributed by atoms with Crippen molar-refractivity contribution >= 4 is 39.2 Å². The van der Waals surface area contributed by atoms with E-state index in [1.165, 1.54) is 11.1 Å². The molecule has 1 aromatic carbocycles. The first-order valence-corrected chi connectivity index (χ1v) is 14.6. The molecular weight excluding hydrogens is 550 g/mol. The van der Waals surface area contributed by atoms with Crippen molar-refractivity contribution < 1.29 is 14.6 Å². The van der Waals surface area contributed by atoms with E-state index in [0.717, 1.165) is 48.1 Å². The van der Waals surface area contributed by atoms with E-state index < -0.39 is 0 Å². The SMILES string of the molecule is C=CCN1CC[C@]23c4c5ccc(O)c4O[C@H]2[C@H](N(C)C(=O)/C=C/c2cc(Br)cs2)CC[C@@]3(N(C)C)[C@H]1C5. The third-order valence-corrected chi connectivity index (χ3v) is 11.2. The fourth-order valence-electron chi connectivity index (χ4n) is 8.16. The predicted molar refractivity (Wildman–Crippen MR) is 151 cm³/mol. The van der Waals surface area contributed by atoms with Crippen LogP contribution in [0.3, 0.4) is 0 Å². The summed E-state index contributed by atoms with van der Waals surface area (Å²) in [6.45, 7) is 5.84. The summed E-state index contributed by atoms with van der Waals surface area (Å²) in [5.41, 5.74) is 1.99. The molecule has 0 unspecified atom stereocenters. The number of ether oxygens (including phenoxy) is 1. The van der Waals surface area contributed by atoms with Gasteiger partial charge in [0.15, 0.2) is 11.5 Å². The molecule has 5 atom stereocenters. The summed E-state index contributed by atoms with van der Waals surface area (Å²) in [7, 11) is 6.30. The van der Waals surface area contributed by atoms with Gasteiger partial charge >= 0.3 is 0 Å². The summed E-state index contributed by atoms with van der Waals surface area (Å²) in [6.07, 6.45) is 8.98. The lowest BCUT2D eigenvalue weighted by Crippen LogP contribution is -2.82. The quantitative estimate of drug-likeness (QED) is 0.396. The maximum Gasteiger partial charge on any atom is 0.246 e. The van der Waals surface area contributed by atoms with E-state index in [1.54, 1.807) is 23.5 Å². The van der Waals surface area contributed by atoms with Crippen molar-refractivity contribution in [2.24, 2.45) is 0 Å². The van der Waals surface area contributed by atoms with Gasteiger partial charge in [0.2, 0.25) is 5.91 Å². The molecule has 2 aliphatic heterocycles. The minimum Gasteiger partial charge on any atom is -0.504 e. The number of rotatable bonds is 6. The lowest BCUT2D eigenvalue weighted by molar-refractivity contribution is -0.158. The fraction of sp³-hybridized carbons (Fsp3) is 0.483. The molecule has 1 spiro atoms. The monoisotopic (exact) mass is 583 g/mol. The number of likely N-dealkylation sites (N-methyl/N-ethyl adjacent to an activating group) is 2. The normalized spacial score (nSPS) is 31.9. The van der Waals surface area contributed by atoms with Crippen LogP contribution in [0.15, 0.2) is 46.8 Å². The number of phenolic OH excluding ortho intramolecular Hbond substituents is 1. The molecule has 1 aromatic heterocycles. The van der Waals surface area contributed by atoms with Crippen molar-refractivity contribution in [3.8, 4) is 11.5 Å². The van der Waals surface area contributed by atoms with E-state index >= 15 is 0 Å². The zero-order chi connectivity index (χ0) is 26.1. The highest BCUT2D eigenvalue weighted by molar-refractivity contribution is 9.10. The number of carbonyl (C=O) groups excluding carboxylic acids is 1.